The van der Waals surface area contributed by atoms with E-state index in [0.717, 1.165) is 0 Å². The first-order valence-electron chi connectivity index (χ1n) is 4.17. The van der Waals surface area contributed by atoms with Gasteiger partial charge in [-0.1, -0.05) is 13.8 Å². The molecule has 0 aromatic heterocycles. The summed E-state index contributed by atoms with van der Waals surface area (Å²) in [5, 5.41) is 0. The van der Waals surface area contributed by atoms with Gasteiger partial charge in [0.05, 0.1) is 5.57 Å². The fraction of sp³-hybridized carbons (Fsp3) is 0.778. The molecule has 1 atom stereocenters. The maximum Gasteiger partial charge on any atom is 0.127 e. The molecule has 1 aliphatic rings. The first-order chi connectivity index (χ1) is 5.56. The Labute approximate surface area is 72.6 Å². The molecule has 3 heteroatoms. The van der Waals surface area contributed by atoms with Gasteiger partial charge in [0.25, 0.3) is 0 Å². The Bertz CT molecular complexity index is 241. The van der Waals surface area contributed by atoms with Gasteiger partial charge in [0.15, 0.2) is 0 Å². The van der Waals surface area contributed by atoms with Gasteiger partial charge >= 0.3 is 0 Å². The number of hydrogen-bond acceptors (Lipinski definition) is 3. The summed E-state index contributed by atoms with van der Waals surface area (Å²) in [6, 6.07) is 0. The summed E-state index contributed by atoms with van der Waals surface area (Å²) in [4.78, 5) is 10.5. The molecule has 0 aromatic carbocycles. The van der Waals surface area contributed by atoms with Crippen molar-refractivity contribution >= 4 is 5.94 Å². The molecule has 1 aliphatic carbocycles. The highest BCUT2D eigenvalue weighted by Crippen LogP contribution is 2.61. The molecule has 12 heavy (non-hydrogen) atoms. The fourth-order valence-corrected chi connectivity index (χ4v) is 1.82. The second-order valence-corrected chi connectivity index (χ2v) is 3.57. The summed E-state index contributed by atoms with van der Waals surface area (Å²) in [5.74, 6) is 1.92. The topological polar surface area (TPSA) is 52.3 Å². The van der Waals surface area contributed by atoms with Crippen LogP contribution in [0.25, 0.3) is 0 Å². The Kier molecular flexibility index (Phi) is 2.13. The van der Waals surface area contributed by atoms with E-state index in [1.54, 1.807) is 0 Å². The van der Waals surface area contributed by atoms with Crippen LogP contribution in [0, 0.1) is 5.41 Å². The molecule has 68 valence electrons. The summed E-state index contributed by atoms with van der Waals surface area (Å²) >= 11 is 0. The van der Waals surface area contributed by atoms with Gasteiger partial charge in [0, 0.05) is 18.6 Å². The lowest BCUT2D eigenvalue weighted by molar-refractivity contribution is 0.0267. The minimum absolute atomic E-state index is 0.223. The zero-order chi connectivity index (χ0) is 9.41. The molecular weight excluding hydrogens is 154 g/mol. The molecule has 0 spiro atoms. The van der Waals surface area contributed by atoms with Crippen LogP contribution >= 0.6 is 0 Å². The molecular formula is C9H15NO2. The molecule has 1 unspecified atom stereocenters. The quantitative estimate of drug-likeness (QED) is 0.626. The molecule has 0 amide bonds. The van der Waals surface area contributed by atoms with E-state index < -0.39 is 5.60 Å². The van der Waals surface area contributed by atoms with Gasteiger partial charge in [-0.15, -0.1) is 0 Å². The van der Waals surface area contributed by atoms with Gasteiger partial charge in [0.1, 0.15) is 11.5 Å². The van der Waals surface area contributed by atoms with E-state index in [4.69, 9.17) is 10.5 Å². The predicted molar refractivity (Wildman–Crippen MR) is 46.4 cm³/mol. The zero-order valence-corrected chi connectivity index (χ0v) is 7.81. The first-order valence-corrected chi connectivity index (χ1v) is 4.17. The summed E-state index contributed by atoms with van der Waals surface area (Å²) in [7, 11) is 0. The highest BCUT2D eigenvalue weighted by atomic mass is 16.5. The zero-order valence-electron chi connectivity index (χ0n) is 7.81. The van der Waals surface area contributed by atoms with E-state index in [2.05, 4.69) is 0 Å². The standard InChI is InChI=1S/C9H15NO2/c1-4-12-9(6-10)7(5-11)8(9,2)3/h4,6,10H2,1-3H3. The normalized spacial score (nSPS) is 31.5. The van der Waals surface area contributed by atoms with Crippen molar-refractivity contribution in [1.29, 1.82) is 0 Å². The Morgan fingerprint density at radius 3 is 2.42 bits per heavy atom. The molecule has 0 aliphatic heterocycles. The van der Waals surface area contributed by atoms with Crippen LogP contribution < -0.4 is 5.73 Å². The Balaban J connectivity index is 2.93. The van der Waals surface area contributed by atoms with E-state index in [9.17, 15) is 4.79 Å². The Morgan fingerprint density at radius 1 is 1.58 bits per heavy atom. The molecule has 1 fully saturated rings. The Hall–Kier alpha value is -0.630. The maximum atomic E-state index is 10.5. The van der Waals surface area contributed by atoms with Crippen molar-refractivity contribution in [2.24, 2.45) is 11.1 Å². The van der Waals surface area contributed by atoms with Crippen molar-refractivity contribution in [3.05, 3.63) is 5.57 Å². The molecule has 0 saturated heterocycles. The second-order valence-electron chi connectivity index (χ2n) is 3.57. The maximum absolute atomic E-state index is 10.5. The summed E-state index contributed by atoms with van der Waals surface area (Å²) < 4.78 is 5.48. The van der Waals surface area contributed by atoms with Crippen molar-refractivity contribution < 1.29 is 9.53 Å². The Morgan fingerprint density at radius 2 is 2.17 bits per heavy atom. The lowest BCUT2D eigenvalue weighted by Crippen LogP contribution is -2.31. The molecule has 0 heterocycles. The molecule has 0 radical (unpaired) electrons. The number of rotatable bonds is 3. The monoisotopic (exact) mass is 169 g/mol. The first kappa shape index (κ1) is 9.46. The van der Waals surface area contributed by atoms with Crippen LogP contribution in [0.4, 0.5) is 0 Å². The highest BCUT2D eigenvalue weighted by Gasteiger charge is 2.69. The third-order valence-corrected chi connectivity index (χ3v) is 2.76. The predicted octanol–water partition coefficient (Wildman–Crippen LogP) is 0.518. The fourth-order valence-electron chi connectivity index (χ4n) is 1.82. The van der Waals surface area contributed by atoms with Crippen molar-refractivity contribution in [3.63, 3.8) is 0 Å². The third-order valence-electron chi connectivity index (χ3n) is 2.76. The van der Waals surface area contributed by atoms with E-state index in [1.165, 1.54) is 0 Å². The van der Waals surface area contributed by atoms with Crippen molar-refractivity contribution in [3.8, 4) is 0 Å². The average Bonchev–Trinajstić information content (AvgIpc) is 2.49. The van der Waals surface area contributed by atoms with Crippen LogP contribution in [0.3, 0.4) is 0 Å². The van der Waals surface area contributed by atoms with E-state index in [0.29, 0.717) is 18.7 Å². The van der Waals surface area contributed by atoms with Crippen molar-refractivity contribution in [2.45, 2.75) is 26.4 Å². The molecule has 1 saturated carbocycles. The van der Waals surface area contributed by atoms with Gasteiger partial charge in [0.2, 0.25) is 0 Å². The van der Waals surface area contributed by atoms with Crippen molar-refractivity contribution in [1.82, 2.24) is 0 Å². The minimum Gasteiger partial charge on any atom is -0.368 e. The van der Waals surface area contributed by atoms with Gasteiger partial charge < -0.3 is 10.5 Å². The van der Waals surface area contributed by atoms with Crippen LogP contribution in [0.2, 0.25) is 0 Å². The lowest BCUT2D eigenvalue weighted by Gasteiger charge is -2.15. The van der Waals surface area contributed by atoms with Crippen LogP contribution in [-0.2, 0) is 9.53 Å². The molecule has 0 bridgehead atoms. The van der Waals surface area contributed by atoms with Crippen LogP contribution in [-0.4, -0.2) is 24.7 Å². The van der Waals surface area contributed by atoms with E-state index in [-0.39, 0.29) is 5.41 Å². The molecule has 2 N–H and O–H groups in total. The van der Waals surface area contributed by atoms with Gasteiger partial charge in [-0.05, 0) is 6.92 Å². The van der Waals surface area contributed by atoms with Gasteiger partial charge in [-0.2, -0.15) is 0 Å². The van der Waals surface area contributed by atoms with Crippen LogP contribution in [0.15, 0.2) is 5.57 Å². The second kappa shape index (κ2) is 2.70. The summed E-state index contributed by atoms with van der Waals surface area (Å²) in [5.41, 5.74) is 5.49. The van der Waals surface area contributed by atoms with Crippen LogP contribution in [0.5, 0.6) is 0 Å². The van der Waals surface area contributed by atoms with Gasteiger partial charge in [-0.3, -0.25) is 0 Å². The number of hydrogen-bond donors (Lipinski definition) is 1. The molecule has 1 rings (SSSR count). The smallest absolute Gasteiger partial charge is 0.127 e. The average molecular weight is 169 g/mol. The van der Waals surface area contributed by atoms with E-state index in [1.807, 2.05) is 26.7 Å². The SMILES string of the molecule is CCOC1(CN)C(=C=O)C1(C)C. The number of ether oxygens (including phenoxy) is 1. The summed E-state index contributed by atoms with van der Waals surface area (Å²) in [6.45, 7) is 6.74. The number of nitrogens with two attached hydrogens (primary N) is 1. The van der Waals surface area contributed by atoms with Crippen LogP contribution in [0.1, 0.15) is 20.8 Å². The van der Waals surface area contributed by atoms with E-state index >= 15 is 0 Å². The summed E-state index contributed by atoms with van der Waals surface area (Å²) in [6.07, 6.45) is 0. The lowest BCUT2D eigenvalue weighted by atomic mass is 10.1. The number of carbonyl (C=O) groups excluding carboxylic acids is 1. The molecule has 0 aromatic rings. The van der Waals surface area contributed by atoms with Gasteiger partial charge in [-0.25, -0.2) is 4.79 Å². The largest absolute Gasteiger partial charge is 0.368 e. The third kappa shape index (κ3) is 0.876. The highest BCUT2D eigenvalue weighted by molar-refractivity contribution is 5.70. The minimum atomic E-state index is -0.524. The van der Waals surface area contributed by atoms with Crippen molar-refractivity contribution in [2.75, 3.05) is 13.2 Å². The molecule has 3 nitrogen and oxygen atoms in total.